The van der Waals surface area contributed by atoms with Crippen LogP contribution in [0.25, 0.3) is 0 Å². The Hall–Kier alpha value is 0.0374. The maximum atomic E-state index is 5.70. The normalized spacial score (nSPS) is 19.8. The molecule has 12 heavy (non-hydrogen) atoms. The van der Waals surface area contributed by atoms with E-state index in [1.54, 1.807) is 0 Å². The quantitative estimate of drug-likeness (QED) is 0.415. The molecule has 0 aromatic rings. The Labute approximate surface area is 87.3 Å². The summed E-state index contributed by atoms with van der Waals surface area (Å²) in [4.78, 5) is 0. The summed E-state index contributed by atoms with van der Waals surface area (Å²) in [6.45, 7) is 5.09. The molecule has 62 valence electrons. The summed E-state index contributed by atoms with van der Waals surface area (Å²) in [6.07, 6.45) is 9.67. The minimum atomic E-state index is 0. The molecule has 1 atom stereocenters. The van der Waals surface area contributed by atoms with Crippen LogP contribution in [0.5, 0.6) is 0 Å². The van der Waals surface area contributed by atoms with Crippen LogP contribution in [0, 0.1) is 11.5 Å². The van der Waals surface area contributed by atoms with E-state index in [9.17, 15) is 0 Å². The topological polar surface area (TPSA) is 26.0 Å². The van der Waals surface area contributed by atoms with Gasteiger partial charge in [0.15, 0.2) is 0 Å². The van der Waals surface area contributed by atoms with E-state index in [1.807, 2.05) is 0 Å². The van der Waals surface area contributed by atoms with Gasteiger partial charge < -0.3 is 5.73 Å². The molecule has 1 unspecified atom stereocenters. The van der Waals surface area contributed by atoms with Crippen LogP contribution in [-0.4, -0.2) is 6.54 Å². The van der Waals surface area contributed by atoms with Gasteiger partial charge in [0.2, 0.25) is 0 Å². The smallest absolute Gasteiger partial charge is 0.330 e. The van der Waals surface area contributed by atoms with E-state index < -0.39 is 0 Å². The molecule has 0 fully saturated rings. The van der Waals surface area contributed by atoms with Crippen molar-refractivity contribution in [3.63, 3.8) is 0 Å². The maximum absolute atomic E-state index is 5.70. The number of nitrogens with two attached hydrogens (primary N) is 1. The average molecular weight is 157 g/mol. The fraction of sp³-hybridized carbons (Fsp3) is 0.600. The van der Waals surface area contributed by atoms with Gasteiger partial charge in [-0.15, -0.1) is 6.42 Å². The molecule has 0 spiro atoms. The molecule has 0 amide bonds. The molecule has 0 aromatic heterocycles. The van der Waals surface area contributed by atoms with Crippen LogP contribution >= 0.6 is 0 Å². The first-order chi connectivity index (χ1) is 5.23. The van der Waals surface area contributed by atoms with Crippen LogP contribution in [0.2, 0.25) is 0 Å². The van der Waals surface area contributed by atoms with Crippen LogP contribution < -0.4 is 24.6 Å². The molecular formula is C10H16LiN. The molecule has 1 aliphatic carbocycles. The fourth-order valence-corrected chi connectivity index (χ4v) is 1.26. The van der Waals surface area contributed by atoms with Gasteiger partial charge >= 0.3 is 18.9 Å². The Morgan fingerprint density at radius 3 is 2.67 bits per heavy atom. The van der Waals surface area contributed by atoms with Crippen molar-refractivity contribution >= 4 is 0 Å². The molecule has 1 nitrogen and oxygen atoms in total. The van der Waals surface area contributed by atoms with Crippen molar-refractivity contribution in [3.05, 3.63) is 23.8 Å². The van der Waals surface area contributed by atoms with Crippen molar-refractivity contribution < 1.29 is 18.9 Å². The molecular weight excluding hydrogens is 141 g/mol. The van der Waals surface area contributed by atoms with Gasteiger partial charge in [0.25, 0.3) is 0 Å². The molecule has 0 radical (unpaired) electrons. The number of allylic oxidation sites excluding steroid dienone is 3. The van der Waals surface area contributed by atoms with Crippen LogP contribution in [-0.2, 0) is 0 Å². The van der Waals surface area contributed by atoms with Gasteiger partial charge in [-0.2, -0.15) is 6.08 Å². The van der Waals surface area contributed by atoms with Gasteiger partial charge in [0.1, 0.15) is 0 Å². The van der Waals surface area contributed by atoms with E-state index in [2.05, 4.69) is 32.1 Å². The SMILES string of the molecule is CCC(C)(CN)C1=[C-]CC=C1.[Li+]. The number of hydrogen-bond donors (Lipinski definition) is 1. The third-order valence-corrected chi connectivity index (χ3v) is 2.58. The van der Waals surface area contributed by atoms with E-state index in [-0.39, 0.29) is 24.3 Å². The molecule has 0 heterocycles. The van der Waals surface area contributed by atoms with Crippen molar-refractivity contribution in [1.82, 2.24) is 0 Å². The van der Waals surface area contributed by atoms with E-state index >= 15 is 0 Å². The van der Waals surface area contributed by atoms with E-state index in [0.717, 1.165) is 19.4 Å². The Morgan fingerprint density at radius 1 is 1.67 bits per heavy atom. The molecule has 0 bridgehead atoms. The third kappa shape index (κ3) is 2.26. The third-order valence-electron chi connectivity index (χ3n) is 2.58. The van der Waals surface area contributed by atoms with Gasteiger partial charge in [-0.25, -0.2) is 11.6 Å². The van der Waals surface area contributed by atoms with Crippen molar-refractivity contribution in [2.24, 2.45) is 11.1 Å². The molecule has 1 aliphatic rings. The number of rotatable bonds is 3. The second-order valence-electron chi connectivity index (χ2n) is 3.32. The standard InChI is InChI=1S/C10H16N.Li/c1-3-10(2,8-11)9-6-4-5-7-9;/h4,6H,3,5,8,11H2,1-2H3;/q-1;+1. The van der Waals surface area contributed by atoms with Gasteiger partial charge in [-0.05, 0) is 18.4 Å². The molecule has 1 rings (SSSR count). The van der Waals surface area contributed by atoms with Crippen molar-refractivity contribution in [2.75, 3.05) is 6.54 Å². The Morgan fingerprint density at radius 2 is 2.33 bits per heavy atom. The first-order valence-electron chi connectivity index (χ1n) is 4.21. The fourth-order valence-electron chi connectivity index (χ4n) is 1.26. The van der Waals surface area contributed by atoms with E-state index in [0.29, 0.717) is 0 Å². The molecule has 0 aromatic carbocycles. The monoisotopic (exact) mass is 157 g/mol. The Bertz CT molecular complexity index is 190. The van der Waals surface area contributed by atoms with Crippen LogP contribution in [0.3, 0.4) is 0 Å². The molecule has 0 aliphatic heterocycles. The molecule has 0 saturated heterocycles. The van der Waals surface area contributed by atoms with Crippen LogP contribution in [0.1, 0.15) is 26.7 Å². The first kappa shape index (κ1) is 12.0. The largest absolute Gasteiger partial charge is 1.00 e. The van der Waals surface area contributed by atoms with Gasteiger partial charge in [-0.1, -0.05) is 13.8 Å². The molecule has 2 heteroatoms. The summed E-state index contributed by atoms with van der Waals surface area (Å²) >= 11 is 0. The van der Waals surface area contributed by atoms with Crippen LogP contribution in [0.4, 0.5) is 0 Å². The summed E-state index contributed by atoms with van der Waals surface area (Å²) in [5.41, 5.74) is 7.16. The average Bonchev–Trinajstić information content (AvgIpc) is 2.55. The zero-order valence-electron chi connectivity index (χ0n) is 8.35. The predicted octanol–water partition coefficient (Wildman–Crippen LogP) is -0.945. The predicted molar refractivity (Wildman–Crippen MR) is 48.0 cm³/mol. The minimum Gasteiger partial charge on any atom is -0.330 e. The zero-order valence-corrected chi connectivity index (χ0v) is 8.35. The minimum absolute atomic E-state index is 0. The van der Waals surface area contributed by atoms with E-state index in [4.69, 9.17) is 5.73 Å². The summed E-state index contributed by atoms with van der Waals surface area (Å²) in [6, 6.07) is 0. The van der Waals surface area contributed by atoms with E-state index in [1.165, 1.54) is 5.57 Å². The summed E-state index contributed by atoms with van der Waals surface area (Å²) < 4.78 is 0. The van der Waals surface area contributed by atoms with Crippen LogP contribution in [0.15, 0.2) is 17.7 Å². The summed E-state index contributed by atoms with van der Waals surface area (Å²) in [5, 5.41) is 0. The molecule has 2 N–H and O–H groups in total. The second kappa shape index (κ2) is 4.92. The summed E-state index contributed by atoms with van der Waals surface area (Å²) in [7, 11) is 0. The second-order valence-corrected chi connectivity index (χ2v) is 3.32. The first-order valence-corrected chi connectivity index (χ1v) is 4.21. The van der Waals surface area contributed by atoms with Crippen molar-refractivity contribution in [2.45, 2.75) is 26.7 Å². The molecule has 0 saturated carbocycles. The maximum Gasteiger partial charge on any atom is 1.00 e. The number of hydrogen-bond acceptors (Lipinski definition) is 1. The van der Waals surface area contributed by atoms with Crippen molar-refractivity contribution in [3.8, 4) is 0 Å². The summed E-state index contributed by atoms with van der Waals surface area (Å²) in [5.74, 6) is 0. The van der Waals surface area contributed by atoms with Gasteiger partial charge in [-0.3, -0.25) is 6.08 Å². The van der Waals surface area contributed by atoms with Crippen molar-refractivity contribution in [1.29, 1.82) is 0 Å². The Balaban J connectivity index is 0.00000121. The Kier molecular flexibility index (Phi) is 4.93. The van der Waals surface area contributed by atoms with Gasteiger partial charge in [0, 0.05) is 0 Å². The van der Waals surface area contributed by atoms with Gasteiger partial charge in [0.05, 0.1) is 0 Å². The zero-order chi connectivity index (χ0) is 8.32.